The van der Waals surface area contributed by atoms with E-state index in [-0.39, 0.29) is 5.75 Å². The van der Waals surface area contributed by atoms with Gasteiger partial charge in [-0.2, -0.15) is 0 Å². The molecule has 18 heavy (non-hydrogen) atoms. The zero-order valence-corrected chi connectivity index (χ0v) is 11.5. The smallest absolute Gasteiger partial charge is 0.211 e. The molecule has 7 nitrogen and oxygen atoms in total. The first-order chi connectivity index (χ1) is 8.64. The summed E-state index contributed by atoms with van der Waals surface area (Å²) in [4.78, 5) is 0. The van der Waals surface area contributed by atoms with Crippen molar-refractivity contribution in [3.05, 3.63) is 12.4 Å². The average Bonchev–Trinajstić information content (AvgIpc) is 2.83. The fourth-order valence-electron chi connectivity index (χ4n) is 1.46. The molecule has 0 saturated carbocycles. The fourth-order valence-corrected chi connectivity index (χ4v) is 2.58. The van der Waals surface area contributed by atoms with Crippen LogP contribution in [-0.2, 0) is 16.6 Å². The molecule has 1 aromatic heterocycles. The van der Waals surface area contributed by atoms with Gasteiger partial charge in [0.25, 0.3) is 0 Å². The van der Waals surface area contributed by atoms with Gasteiger partial charge in [0.2, 0.25) is 10.0 Å². The van der Waals surface area contributed by atoms with E-state index in [4.69, 9.17) is 0 Å². The molecule has 1 rings (SSSR count). The van der Waals surface area contributed by atoms with Gasteiger partial charge in [-0.1, -0.05) is 12.1 Å². The molecule has 0 bridgehead atoms. The van der Waals surface area contributed by atoms with Crippen LogP contribution in [0.5, 0.6) is 0 Å². The van der Waals surface area contributed by atoms with Crippen LogP contribution >= 0.6 is 0 Å². The molecule has 0 atom stereocenters. The van der Waals surface area contributed by atoms with Gasteiger partial charge in [0.1, 0.15) is 0 Å². The zero-order valence-electron chi connectivity index (χ0n) is 10.7. The number of aryl methyl sites for hydroxylation is 1. The Morgan fingerprint density at radius 2 is 2.11 bits per heavy atom. The summed E-state index contributed by atoms with van der Waals surface area (Å²) in [5, 5.41) is 10.6. The monoisotopic (exact) mass is 275 g/mol. The third-order valence-electron chi connectivity index (χ3n) is 2.37. The Morgan fingerprint density at radius 1 is 1.28 bits per heavy atom. The maximum absolute atomic E-state index is 11.6. The van der Waals surface area contributed by atoms with Crippen molar-refractivity contribution in [2.45, 2.75) is 26.3 Å². The number of hydrogen-bond acceptors (Lipinski definition) is 5. The number of nitrogens with zero attached hydrogens (tertiary/aromatic N) is 3. The van der Waals surface area contributed by atoms with Gasteiger partial charge in [-0.3, -0.25) is 4.68 Å². The summed E-state index contributed by atoms with van der Waals surface area (Å²) < 4.78 is 27.4. The Kier molecular flexibility index (Phi) is 6.84. The van der Waals surface area contributed by atoms with Gasteiger partial charge in [0, 0.05) is 19.3 Å². The lowest BCUT2D eigenvalue weighted by Gasteiger charge is -2.06. The fraction of sp³-hybridized carbons (Fsp3) is 0.800. The summed E-state index contributed by atoms with van der Waals surface area (Å²) in [6.07, 6.45) is 4.69. The Labute approximate surface area is 108 Å². The van der Waals surface area contributed by atoms with E-state index in [1.54, 1.807) is 17.1 Å². The summed E-state index contributed by atoms with van der Waals surface area (Å²) >= 11 is 0. The topological polar surface area (TPSA) is 88.9 Å². The predicted molar refractivity (Wildman–Crippen MR) is 69.6 cm³/mol. The predicted octanol–water partition coefficient (Wildman–Crippen LogP) is -0.413. The van der Waals surface area contributed by atoms with E-state index in [1.807, 2.05) is 6.92 Å². The largest absolute Gasteiger partial charge is 0.317 e. The van der Waals surface area contributed by atoms with Crippen molar-refractivity contribution in [1.29, 1.82) is 0 Å². The van der Waals surface area contributed by atoms with Crippen LogP contribution in [0.4, 0.5) is 0 Å². The molecule has 0 radical (unpaired) electrons. The maximum atomic E-state index is 11.6. The Balaban J connectivity index is 2.09. The first-order valence-corrected chi connectivity index (χ1v) is 7.81. The number of nitrogens with one attached hydrogen (secondary N) is 2. The normalized spacial score (nSPS) is 11.8. The highest BCUT2D eigenvalue weighted by Gasteiger charge is 2.08. The van der Waals surface area contributed by atoms with Crippen LogP contribution in [0.1, 0.15) is 19.8 Å². The highest BCUT2D eigenvalue weighted by molar-refractivity contribution is 7.89. The number of sulfonamides is 1. The van der Waals surface area contributed by atoms with Gasteiger partial charge in [0.05, 0.1) is 11.9 Å². The highest BCUT2D eigenvalue weighted by atomic mass is 32.2. The van der Waals surface area contributed by atoms with Crippen LogP contribution in [-0.4, -0.2) is 48.8 Å². The van der Waals surface area contributed by atoms with E-state index in [9.17, 15) is 8.42 Å². The van der Waals surface area contributed by atoms with Crippen LogP contribution < -0.4 is 10.0 Å². The van der Waals surface area contributed by atoms with E-state index in [1.165, 1.54) is 0 Å². The van der Waals surface area contributed by atoms with E-state index < -0.39 is 10.0 Å². The van der Waals surface area contributed by atoms with Gasteiger partial charge >= 0.3 is 0 Å². The molecule has 0 fully saturated rings. The minimum atomic E-state index is -3.14. The Bertz CT molecular complexity index is 404. The second-order valence-corrected chi connectivity index (χ2v) is 5.87. The second-order valence-electron chi connectivity index (χ2n) is 3.94. The molecular weight excluding hydrogens is 254 g/mol. The third-order valence-corrected chi connectivity index (χ3v) is 3.84. The van der Waals surface area contributed by atoms with Gasteiger partial charge in [-0.15, -0.1) is 5.10 Å². The molecule has 1 heterocycles. The average molecular weight is 275 g/mol. The van der Waals surface area contributed by atoms with Crippen LogP contribution in [0.25, 0.3) is 0 Å². The number of hydrogen-bond donors (Lipinski definition) is 2. The van der Waals surface area contributed by atoms with Gasteiger partial charge < -0.3 is 5.32 Å². The molecule has 0 unspecified atom stereocenters. The van der Waals surface area contributed by atoms with Crippen molar-refractivity contribution in [2.75, 3.05) is 25.4 Å². The van der Waals surface area contributed by atoms with Crippen molar-refractivity contribution in [2.24, 2.45) is 0 Å². The van der Waals surface area contributed by atoms with Crippen molar-refractivity contribution < 1.29 is 8.42 Å². The zero-order chi connectivity index (χ0) is 13.3. The van der Waals surface area contributed by atoms with E-state index in [0.717, 1.165) is 13.1 Å². The number of rotatable bonds is 10. The lowest BCUT2D eigenvalue weighted by atomic mass is 10.4. The summed E-state index contributed by atoms with van der Waals surface area (Å²) in [5.41, 5.74) is 0. The van der Waals surface area contributed by atoms with Crippen LogP contribution in [0.2, 0.25) is 0 Å². The SMILES string of the molecule is CCNCCCS(=O)(=O)NCCCn1ccnn1. The summed E-state index contributed by atoms with van der Waals surface area (Å²) in [7, 11) is -3.14. The Hall–Kier alpha value is -0.990. The lowest BCUT2D eigenvalue weighted by Crippen LogP contribution is -2.29. The van der Waals surface area contributed by atoms with Gasteiger partial charge in [-0.05, 0) is 25.9 Å². The first kappa shape index (κ1) is 15.1. The molecule has 0 aliphatic heterocycles. The quantitative estimate of drug-likeness (QED) is 0.567. The van der Waals surface area contributed by atoms with E-state index in [2.05, 4.69) is 20.4 Å². The molecule has 0 amide bonds. The van der Waals surface area contributed by atoms with Crippen LogP contribution in [0, 0.1) is 0 Å². The lowest BCUT2D eigenvalue weighted by molar-refractivity contribution is 0.540. The third kappa shape index (κ3) is 6.67. The van der Waals surface area contributed by atoms with Gasteiger partial charge in [-0.25, -0.2) is 13.1 Å². The van der Waals surface area contributed by atoms with E-state index in [0.29, 0.717) is 25.9 Å². The van der Waals surface area contributed by atoms with Crippen molar-refractivity contribution in [3.8, 4) is 0 Å². The summed E-state index contributed by atoms with van der Waals surface area (Å²) in [6, 6.07) is 0. The molecule has 0 aliphatic carbocycles. The highest BCUT2D eigenvalue weighted by Crippen LogP contribution is 1.91. The van der Waals surface area contributed by atoms with Crippen LogP contribution in [0.3, 0.4) is 0 Å². The second kappa shape index (κ2) is 8.17. The molecule has 0 saturated heterocycles. The maximum Gasteiger partial charge on any atom is 0.211 e. The van der Waals surface area contributed by atoms with Crippen molar-refractivity contribution in [1.82, 2.24) is 25.0 Å². The molecule has 8 heteroatoms. The molecule has 0 spiro atoms. The molecule has 2 N–H and O–H groups in total. The minimum Gasteiger partial charge on any atom is -0.317 e. The number of aromatic nitrogens is 3. The molecule has 1 aromatic rings. The molecular formula is C10H21N5O2S. The summed E-state index contributed by atoms with van der Waals surface area (Å²) in [5.74, 6) is 0.170. The van der Waals surface area contributed by atoms with Crippen molar-refractivity contribution in [3.63, 3.8) is 0 Å². The standard InChI is InChI=1S/C10H21N5O2S/c1-2-11-5-4-10-18(16,17)13-6-3-8-15-9-7-12-14-15/h7,9,11,13H,2-6,8,10H2,1H3. The van der Waals surface area contributed by atoms with Crippen LogP contribution in [0.15, 0.2) is 12.4 Å². The van der Waals surface area contributed by atoms with E-state index >= 15 is 0 Å². The summed E-state index contributed by atoms with van der Waals surface area (Å²) in [6.45, 7) is 4.70. The molecule has 104 valence electrons. The van der Waals surface area contributed by atoms with Crippen molar-refractivity contribution >= 4 is 10.0 Å². The minimum absolute atomic E-state index is 0.170. The Morgan fingerprint density at radius 3 is 2.78 bits per heavy atom. The molecule has 0 aromatic carbocycles. The molecule has 0 aliphatic rings. The first-order valence-electron chi connectivity index (χ1n) is 6.16. The van der Waals surface area contributed by atoms with Gasteiger partial charge in [0.15, 0.2) is 0 Å².